The minimum Gasteiger partial charge on any atom is -0.252 e. The Labute approximate surface area is 73.5 Å². The summed E-state index contributed by atoms with van der Waals surface area (Å²) in [5, 5.41) is 8.60. The predicted molar refractivity (Wildman–Crippen MR) is 48.8 cm³/mol. The molecule has 0 aromatic heterocycles. The van der Waals surface area contributed by atoms with Gasteiger partial charge in [-0.05, 0) is 19.4 Å². The van der Waals surface area contributed by atoms with Crippen LogP contribution in [0.15, 0.2) is 23.3 Å². The van der Waals surface area contributed by atoms with E-state index in [4.69, 9.17) is 5.26 Å². The molecule has 12 heavy (non-hydrogen) atoms. The van der Waals surface area contributed by atoms with E-state index in [9.17, 15) is 0 Å². The first-order valence-electron chi connectivity index (χ1n) is 4.30. The van der Waals surface area contributed by atoms with Gasteiger partial charge in [0.1, 0.15) is 6.10 Å². The molecule has 0 aromatic rings. The van der Waals surface area contributed by atoms with Crippen LogP contribution in [0.1, 0.15) is 27.2 Å². The number of allylic oxidation sites excluding steroid dienone is 2. The maximum absolute atomic E-state index is 8.60. The molecule has 0 fully saturated rings. The third-order valence-corrected chi connectivity index (χ3v) is 2.39. The Morgan fingerprint density at radius 3 is 2.75 bits per heavy atom. The van der Waals surface area contributed by atoms with E-state index in [1.54, 1.807) is 0 Å². The molecule has 68 valence electrons. The van der Waals surface area contributed by atoms with Crippen LogP contribution >= 0.6 is 0 Å². The van der Waals surface area contributed by atoms with Gasteiger partial charge in [-0.2, -0.15) is 0 Å². The number of hydrogen-bond acceptors (Lipinski definition) is 2. The fraction of sp³-hybridized carbons (Fsp3) is 0.600. The van der Waals surface area contributed by atoms with Crippen LogP contribution in [0.3, 0.4) is 0 Å². The summed E-state index contributed by atoms with van der Waals surface area (Å²) < 4.78 is 0. The van der Waals surface area contributed by atoms with E-state index in [0.717, 1.165) is 6.42 Å². The summed E-state index contributed by atoms with van der Waals surface area (Å²) in [6, 6.07) is 0. The molecule has 0 aromatic carbocycles. The van der Waals surface area contributed by atoms with Crippen LogP contribution < -0.4 is 0 Å². The third-order valence-electron chi connectivity index (χ3n) is 2.39. The zero-order chi connectivity index (χ0) is 9.14. The molecule has 0 amide bonds. The quantitative estimate of drug-likeness (QED) is 0.482. The lowest BCUT2D eigenvalue weighted by atomic mass is 9.89. The smallest absolute Gasteiger partial charge is 0.103 e. The first-order valence-corrected chi connectivity index (χ1v) is 4.30. The maximum atomic E-state index is 8.60. The molecule has 1 aliphatic rings. The first-order chi connectivity index (χ1) is 5.65. The Balaban J connectivity index is 2.78. The van der Waals surface area contributed by atoms with Gasteiger partial charge in [-0.3, -0.25) is 5.26 Å². The fourth-order valence-electron chi connectivity index (χ4n) is 1.37. The Bertz CT molecular complexity index is 212. The molecule has 1 N–H and O–H groups in total. The first kappa shape index (κ1) is 9.49. The highest BCUT2D eigenvalue weighted by Crippen LogP contribution is 2.25. The molecular formula is C10H16O2. The Kier molecular flexibility index (Phi) is 3.06. The minimum atomic E-state index is -0.0695. The Morgan fingerprint density at radius 1 is 1.58 bits per heavy atom. The second-order valence-electron chi connectivity index (χ2n) is 3.59. The van der Waals surface area contributed by atoms with E-state index in [1.807, 2.05) is 6.92 Å². The number of rotatable bonds is 1. The lowest BCUT2D eigenvalue weighted by Gasteiger charge is -2.23. The van der Waals surface area contributed by atoms with Crippen LogP contribution in [0, 0.1) is 5.92 Å². The van der Waals surface area contributed by atoms with E-state index in [-0.39, 0.29) is 6.10 Å². The van der Waals surface area contributed by atoms with Gasteiger partial charge in [0.25, 0.3) is 0 Å². The van der Waals surface area contributed by atoms with Crippen molar-refractivity contribution < 1.29 is 10.1 Å². The molecular weight excluding hydrogens is 152 g/mol. The van der Waals surface area contributed by atoms with Crippen LogP contribution in [0.5, 0.6) is 0 Å². The molecule has 0 aliphatic heterocycles. The molecule has 2 nitrogen and oxygen atoms in total. The van der Waals surface area contributed by atoms with Crippen LogP contribution in [0.25, 0.3) is 0 Å². The van der Waals surface area contributed by atoms with E-state index in [2.05, 4.69) is 30.9 Å². The van der Waals surface area contributed by atoms with Crippen molar-refractivity contribution in [2.24, 2.45) is 5.92 Å². The van der Waals surface area contributed by atoms with E-state index in [0.29, 0.717) is 5.92 Å². The fourth-order valence-corrected chi connectivity index (χ4v) is 1.37. The van der Waals surface area contributed by atoms with Crippen molar-refractivity contribution in [3.8, 4) is 0 Å². The summed E-state index contributed by atoms with van der Waals surface area (Å²) >= 11 is 0. The van der Waals surface area contributed by atoms with Crippen molar-refractivity contribution in [3.63, 3.8) is 0 Å². The van der Waals surface area contributed by atoms with Gasteiger partial charge in [0.2, 0.25) is 0 Å². The molecule has 0 saturated heterocycles. The summed E-state index contributed by atoms with van der Waals surface area (Å²) in [6.07, 6.45) is 4.94. The minimum absolute atomic E-state index is 0.0695. The molecule has 0 bridgehead atoms. The maximum Gasteiger partial charge on any atom is 0.103 e. The largest absolute Gasteiger partial charge is 0.252 e. The number of hydrogen-bond donors (Lipinski definition) is 1. The summed E-state index contributed by atoms with van der Waals surface area (Å²) in [5.41, 5.74) is 2.56. The third kappa shape index (κ3) is 1.96. The normalized spacial score (nSPS) is 29.2. The zero-order valence-electron chi connectivity index (χ0n) is 7.87. The van der Waals surface area contributed by atoms with Gasteiger partial charge in [0.15, 0.2) is 0 Å². The molecule has 0 heterocycles. The Morgan fingerprint density at radius 2 is 2.25 bits per heavy atom. The highest BCUT2D eigenvalue weighted by molar-refractivity contribution is 5.28. The average Bonchev–Trinajstić information content (AvgIpc) is 2.05. The van der Waals surface area contributed by atoms with Gasteiger partial charge in [-0.25, -0.2) is 4.89 Å². The average molecular weight is 168 g/mol. The molecule has 2 unspecified atom stereocenters. The van der Waals surface area contributed by atoms with Gasteiger partial charge >= 0.3 is 0 Å². The Hall–Kier alpha value is -0.600. The van der Waals surface area contributed by atoms with Gasteiger partial charge in [-0.15, -0.1) is 0 Å². The molecule has 0 saturated carbocycles. The molecule has 0 spiro atoms. The van der Waals surface area contributed by atoms with Gasteiger partial charge in [-0.1, -0.05) is 24.6 Å². The zero-order valence-corrected chi connectivity index (χ0v) is 7.87. The van der Waals surface area contributed by atoms with Crippen LogP contribution in [-0.4, -0.2) is 11.4 Å². The molecule has 2 heteroatoms. The predicted octanol–water partition coefficient (Wildman–Crippen LogP) is 2.78. The van der Waals surface area contributed by atoms with Crippen LogP contribution in [0.2, 0.25) is 0 Å². The summed E-state index contributed by atoms with van der Waals surface area (Å²) in [6.45, 7) is 6.19. The van der Waals surface area contributed by atoms with Gasteiger partial charge in [0.05, 0.1) is 0 Å². The summed E-state index contributed by atoms with van der Waals surface area (Å²) in [4.78, 5) is 4.40. The van der Waals surface area contributed by atoms with E-state index < -0.39 is 0 Å². The molecule has 0 radical (unpaired) electrons. The van der Waals surface area contributed by atoms with Crippen molar-refractivity contribution in [3.05, 3.63) is 23.3 Å². The van der Waals surface area contributed by atoms with Crippen molar-refractivity contribution >= 4 is 0 Å². The van der Waals surface area contributed by atoms with Gasteiger partial charge in [0, 0.05) is 12.3 Å². The van der Waals surface area contributed by atoms with Crippen LogP contribution in [0.4, 0.5) is 0 Å². The SMILES string of the molecule is CC(C)=C1C=CC(C)C(OO)C1. The molecule has 2 atom stereocenters. The van der Waals surface area contributed by atoms with Crippen molar-refractivity contribution in [1.82, 2.24) is 0 Å². The van der Waals surface area contributed by atoms with E-state index >= 15 is 0 Å². The standard InChI is InChI=1S/C10H16O2/c1-7(2)9-5-4-8(3)10(6-9)12-11/h4-5,8,10-11H,6H2,1-3H3. The highest BCUT2D eigenvalue weighted by atomic mass is 17.1. The second kappa shape index (κ2) is 3.87. The summed E-state index contributed by atoms with van der Waals surface area (Å²) in [5.74, 6) is 0.304. The van der Waals surface area contributed by atoms with Crippen molar-refractivity contribution in [2.45, 2.75) is 33.3 Å². The topological polar surface area (TPSA) is 29.5 Å². The van der Waals surface area contributed by atoms with E-state index in [1.165, 1.54) is 11.1 Å². The second-order valence-corrected chi connectivity index (χ2v) is 3.59. The lowest BCUT2D eigenvalue weighted by Crippen LogP contribution is -2.22. The van der Waals surface area contributed by atoms with Crippen molar-refractivity contribution in [2.75, 3.05) is 0 Å². The monoisotopic (exact) mass is 168 g/mol. The van der Waals surface area contributed by atoms with Gasteiger partial charge < -0.3 is 0 Å². The molecule has 1 rings (SSSR count). The summed E-state index contributed by atoms with van der Waals surface area (Å²) in [7, 11) is 0. The highest BCUT2D eigenvalue weighted by Gasteiger charge is 2.21. The lowest BCUT2D eigenvalue weighted by molar-refractivity contribution is -0.285. The molecule has 1 aliphatic carbocycles. The van der Waals surface area contributed by atoms with Crippen LogP contribution in [-0.2, 0) is 4.89 Å². The van der Waals surface area contributed by atoms with Crippen molar-refractivity contribution in [1.29, 1.82) is 0 Å².